The van der Waals surface area contributed by atoms with Gasteiger partial charge in [0.1, 0.15) is 6.10 Å². The fourth-order valence-electron chi connectivity index (χ4n) is 1.21. The molecule has 0 spiro atoms. The van der Waals surface area contributed by atoms with Crippen LogP contribution >= 0.6 is 0 Å². The van der Waals surface area contributed by atoms with Crippen molar-refractivity contribution in [2.75, 3.05) is 0 Å². The van der Waals surface area contributed by atoms with Gasteiger partial charge >= 0.3 is 0 Å². The average Bonchev–Trinajstić information content (AvgIpc) is 2.45. The van der Waals surface area contributed by atoms with E-state index in [9.17, 15) is 8.78 Å². The highest BCUT2D eigenvalue weighted by molar-refractivity contribution is 5.20. The minimum absolute atomic E-state index is 0.222. The number of rotatable bonds is 3. The van der Waals surface area contributed by atoms with Crippen molar-refractivity contribution in [1.82, 2.24) is 9.78 Å². The lowest BCUT2D eigenvalue weighted by atomic mass is 10.1. The molecule has 5 heteroatoms. The lowest BCUT2D eigenvalue weighted by Gasteiger charge is -2.07. The van der Waals surface area contributed by atoms with Gasteiger partial charge in [-0.05, 0) is 6.42 Å². The zero-order valence-corrected chi connectivity index (χ0v) is 7.54. The first-order valence-electron chi connectivity index (χ1n) is 4.04. The molecule has 3 nitrogen and oxygen atoms in total. The lowest BCUT2D eigenvalue weighted by Crippen LogP contribution is -2.09. The Labute approximate surface area is 75.0 Å². The number of hydrogen-bond donors (Lipinski definition) is 1. The molecule has 1 atom stereocenters. The summed E-state index contributed by atoms with van der Waals surface area (Å²) < 4.78 is 25.7. The Morgan fingerprint density at radius 3 is 2.69 bits per heavy atom. The maximum atomic E-state index is 12.2. The summed E-state index contributed by atoms with van der Waals surface area (Å²) in [4.78, 5) is 0. The van der Waals surface area contributed by atoms with Gasteiger partial charge in [-0.3, -0.25) is 4.68 Å². The van der Waals surface area contributed by atoms with Crippen LogP contribution in [0.3, 0.4) is 0 Å². The molecular weight excluding hydrogens is 178 g/mol. The van der Waals surface area contributed by atoms with Crippen LogP contribution in [0.2, 0.25) is 0 Å². The molecule has 0 aromatic carbocycles. The van der Waals surface area contributed by atoms with Crippen molar-refractivity contribution in [1.29, 1.82) is 0 Å². The lowest BCUT2D eigenvalue weighted by molar-refractivity contribution is -0.00627. The maximum Gasteiger partial charge on any atom is 0.268 e. The highest BCUT2D eigenvalue weighted by atomic mass is 19.3. The van der Waals surface area contributed by atoms with E-state index in [1.54, 1.807) is 7.05 Å². The number of aliphatic hydroxyl groups is 1. The van der Waals surface area contributed by atoms with E-state index in [1.165, 1.54) is 10.9 Å². The summed E-state index contributed by atoms with van der Waals surface area (Å²) in [6, 6.07) is 0. The topological polar surface area (TPSA) is 38.0 Å². The Bertz CT molecular complexity index is 286. The molecule has 13 heavy (non-hydrogen) atoms. The molecule has 74 valence electrons. The largest absolute Gasteiger partial charge is 0.382 e. The van der Waals surface area contributed by atoms with Crippen molar-refractivity contribution in [2.45, 2.75) is 25.9 Å². The van der Waals surface area contributed by atoms with Gasteiger partial charge in [0.2, 0.25) is 0 Å². The van der Waals surface area contributed by atoms with Crippen LogP contribution in [0, 0.1) is 0 Å². The summed E-state index contributed by atoms with van der Waals surface area (Å²) in [6.45, 7) is 1.81. The van der Waals surface area contributed by atoms with Crippen LogP contribution in [0.1, 0.15) is 24.3 Å². The molecule has 1 rings (SSSR count). The smallest absolute Gasteiger partial charge is 0.268 e. The Hall–Kier alpha value is -0.970. The molecule has 0 aliphatic carbocycles. The van der Waals surface area contributed by atoms with Crippen molar-refractivity contribution in [3.63, 3.8) is 0 Å². The van der Waals surface area contributed by atoms with Gasteiger partial charge in [0.25, 0.3) is 6.43 Å². The normalized spacial score (nSPS) is 13.7. The van der Waals surface area contributed by atoms with Crippen LogP contribution in [-0.4, -0.2) is 21.3 Å². The van der Waals surface area contributed by atoms with Gasteiger partial charge in [-0.15, -0.1) is 0 Å². The van der Waals surface area contributed by atoms with E-state index < -0.39 is 12.5 Å². The fourth-order valence-corrected chi connectivity index (χ4v) is 1.21. The van der Waals surface area contributed by atoms with Gasteiger partial charge in [0.05, 0.1) is 5.69 Å². The molecule has 1 heterocycles. The molecule has 0 aliphatic rings. The van der Waals surface area contributed by atoms with E-state index in [-0.39, 0.29) is 5.56 Å². The maximum absolute atomic E-state index is 12.2. The van der Waals surface area contributed by atoms with E-state index in [0.717, 1.165) is 0 Å². The van der Waals surface area contributed by atoms with Gasteiger partial charge < -0.3 is 5.11 Å². The van der Waals surface area contributed by atoms with Gasteiger partial charge in [-0.25, -0.2) is 8.78 Å². The predicted molar refractivity (Wildman–Crippen MR) is 43.5 cm³/mol. The molecule has 1 aromatic rings. The number of aryl methyl sites for hydroxylation is 2. The van der Waals surface area contributed by atoms with E-state index >= 15 is 0 Å². The van der Waals surface area contributed by atoms with Gasteiger partial charge in [0.15, 0.2) is 0 Å². The molecule has 0 radical (unpaired) electrons. The standard InChI is InChI=1S/C8H12F2N2O/c1-3-6-5(4-12(2)11-6)7(13)8(9)10/h4,7-8,13H,3H2,1-2H3. The highest BCUT2D eigenvalue weighted by Crippen LogP contribution is 2.23. The minimum atomic E-state index is -2.76. The second kappa shape index (κ2) is 3.83. The number of aromatic nitrogens is 2. The monoisotopic (exact) mass is 190 g/mol. The molecule has 0 saturated carbocycles. The van der Waals surface area contributed by atoms with Gasteiger partial charge in [0, 0.05) is 18.8 Å². The Morgan fingerprint density at radius 1 is 1.62 bits per heavy atom. The molecule has 0 aliphatic heterocycles. The molecule has 1 aromatic heterocycles. The first-order chi connectivity index (χ1) is 6.06. The third kappa shape index (κ3) is 2.03. The average molecular weight is 190 g/mol. The number of aliphatic hydroxyl groups excluding tert-OH is 1. The summed E-state index contributed by atoms with van der Waals surface area (Å²) in [5.74, 6) is 0. The van der Waals surface area contributed by atoms with Crippen LogP contribution in [0.5, 0.6) is 0 Å². The van der Waals surface area contributed by atoms with Crippen LogP contribution in [0.25, 0.3) is 0 Å². The quantitative estimate of drug-likeness (QED) is 0.779. The van der Waals surface area contributed by atoms with E-state index in [1.807, 2.05) is 6.92 Å². The summed E-state index contributed by atoms with van der Waals surface area (Å²) in [5, 5.41) is 13.1. The van der Waals surface area contributed by atoms with E-state index in [2.05, 4.69) is 5.10 Å². The van der Waals surface area contributed by atoms with Crippen LogP contribution in [0.4, 0.5) is 8.78 Å². The molecule has 0 saturated heterocycles. The fraction of sp³-hybridized carbons (Fsp3) is 0.625. The molecule has 0 bridgehead atoms. The van der Waals surface area contributed by atoms with Gasteiger partial charge in [-0.1, -0.05) is 6.92 Å². The highest BCUT2D eigenvalue weighted by Gasteiger charge is 2.23. The van der Waals surface area contributed by atoms with Crippen molar-refractivity contribution < 1.29 is 13.9 Å². The zero-order chi connectivity index (χ0) is 10.0. The van der Waals surface area contributed by atoms with E-state index in [4.69, 9.17) is 5.11 Å². The molecular formula is C8H12F2N2O. The first-order valence-corrected chi connectivity index (χ1v) is 4.04. The molecule has 0 amide bonds. The molecule has 0 fully saturated rings. The number of halogens is 2. The Balaban J connectivity index is 2.98. The predicted octanol–water partition coefficient (Wildman–Crippen LogP) is 1.28. The van der Waals surface area contributed by atoms with Crippen LogP contribution < -0.4 is 0 Å². The summed E-state index contributed by atoms with van der Waals surface area (Å²) in [5.41, 5.74) is 0.746. The zero-order valence-electron chi connectivity index (χ0n) is 7.54. The third-order valence-electron chi connectivity index (χ3n) is 1.83. The number of nitrogens with zero attached hydrogens (tertiary/aromatic N) is 2. The third-order valence-corrected chi connectivity index (χ3v) is 1.83. The van der Waals surface area contributed by atoms with Crippen molar-refractivity contribution in [3.05, 3.63) is 17.5 Å². The summed E-state index contributed by atoms with van der Waals surface area (Å²) in [6.07, 6.45) is -2.51. The first kappa shape index (κ1) is 10.1. The molecule has 1 unspecified atom stereocenters. The second-order valence-corrected chi connectivity index (χ2v) is 2.84. The van der Waals surface area contributed by atoms with Gasteiger partial charge in [-0.2, -0.15) is 5.10 Å². The van der Waals surface area contributed by atoms with E-state index in [0.29, 0.717) is 12.1 Å². The second-order valence-electron chi connectivity index (χ2n) is 2.84. The van der Waals surface area contributed by atoms with Crippen molar-refractivity contribution in [2.24, 2.45) is 7.05 Å². The van der Waals surface area contributed by atoms with Crippen molar-refractivity contribution in [3.8, 4) is 0 Å². The Kier molecular flexibility index (Phi) is 2.98. The van der Waals surface area contributed by atoms with Crippen LogP contribution in [0.15, 0.2) is 6.20 Å². The Morgan fingerprint density at radius 2 is 2.23 bits per heavy atom. The summed E-state index contributed by atoms with van der Waals surface area (Å²) in [7, 11) is 1.64. The van der Waals surface area contributed by atoms with Crippen LogP contribution in [-0.2, 0) is 13.5 Å². The number of hydrogen-bond acceptors (Lipinski definition) is 2. The molecule has 1 N–H and O–H groups in total. The van der Waals surface area contributed by atoms with Crippen molar-refractivity contribution >= 4 is 0 Å². The SMILES string of the molecule is CCc1nn(C)cc1C(O)C(F)F. The minimum Gasteiger partial charge on any atom is -0.382 e. The summed E-state index contributed by atoms with van der Waals surface area (Å²) >= 11 is 0. The number of alkyl halides is 2.